The molecule has 0 aliphatic heterocycles. The van der Waals surface area contributed by atoms with Gasteiger partial charge in [0.15, 0.2) is 0 Å². The van der Waals surface area contributed by atoms with Crippen LogP contribution in [0.5, 0.6) is 5.75 Å². The van der Waals surface area contributed by atoms with Crippen molar-refractivity contribution in [3.63, 3.8) is 0 Å². The Morgan fingerprint density at radius 1 is 1.37 bits per heavy atom. The van der Waals surface area contributed by atoms with Crippen molar-refractivity contribution in [3.05, 3.63) is 29.6 Å². The Kier molecular flexibility index (Phi) is 4.86. The average Bonchev–Trinajstić information content (AvgIpc) is 2.34. The smallest absolute Gasteiger partial charge is 0.326 e. The lowest BCUT2D eigenvalue weighted by atomic mass is 10.0. The Morgan fingerprint density at radius 2 is 2.00 bits per heavy atom. The number of amides is 1. The van der Waals surface area contributed by atoms with E-state index in [4.69, 9.17) is 9.84 Å². The summed E-state index contributed by atoms with van der Waals surface area (Å²) in [5.74, 6) is -2.52. The van der Waals surface area contributed by atoms with Crippen molar-refractivity contribution in [3.8, 4) is 5.75 Å². The number of hydrogen-bond donors (Lipinski definition) is 2. The second-order valence-corrected chi connectivity index (χ2v) is 4.38. The molecule has 1 rings (SSSR count). The van der Waals surface area contributed by atoms with E-state index in [-0.39, 0.29) is 17.2 Å². The quantitative estimate of drug-likeness (QED) is 0.852. The number of hydrogen-bond acceptors (Lipinski definition) is 3. The Hall–Kier alpha value is -2.11. The van der Waals surface area contributed by atoms with Gasteiger partial charge in [-0.2, -0.15) is 0 Å². The van der Waals surface area contributed by atoms with E-state index in [0.717, 1.165) is 12.1 Å². The monoisotopic (exact) mass is 269 g/mol. The van der Waals surface area contributed by atoms with Gasteiger partial charge in [-0.1, -0.05) is 13.8 Å². The van der Waals surface area contributed by atoms with Gasteiger partial charge in [0, 0.05) is 0 Å². The summed E-state index contributed by atoms with van der Waals surface area (Å²) in [6.07, 6.45) is 0. The first-order valence-electron chi connectivity index (χ1n) is 5.74. The van der Waals surface area contributed by atoms with Crippen LogP contribution in [0.3, 0.4) is 0 Å². The van der Waals surface area contributed by atoms with E-state index in [2.05, 4.69) is 5.32 Å². The molecule has 19 heavy (non-hydrogen) atoms. The van der Waals surface area contributed by atoms with Gasteiger partial charge < -0.3 is 15.2 Å². The second-order valence-electron chi connectivity index (χ2n) is 4.38. The summed E-state index contributed by atoms with van der Waals surface area (Å²) < 4.78 is 18.1. The zero-order valence-electron chi connectivity index (χ0n) is 10.9. The number of benzene rings is 1. The molecule has 2 N–H and O–H groups in total. The Bertz CT molecular complexity index is 488. The molecular weight excluding hydrogens is 253 g/mol. The SMILES string of the molecule is COc1ccc(F)cc1C(=O)NC(C(=O)O)C(C)C. The van der Waals surface area contributed by atoms with E-state index in [9.17, 15) is 14.0 Å². The first-order chi connectivity index (χ1) is 8.86. The summed E-state index contributed by atoms with van der Waals surface area (Å²) in [5, 5.41) is 11.3. The van der Waals surface area contributed by atoms with E-state index in [1.807, 2.05) is 0 Å². The van der Waals surface area contributed by atoms with Crippen LogP contribution in [0, 0.1) is 11.7 Å². The van der Waals surface area contributed by atoms with Gasteiger partial charge in [-0.05, 0) is 24.1 Å². The standard InChI is InChI=1S/C13H16FNO4/c1-7(2)11(13(17)18)15-12(16)9-6-8(14)4-5-10(9)19-3/h4-7,11H,1-3H3,(H,15,16)(H,17,18). The van der Waals surface area contributed by atoms with Crippen molar-refractivity contribution in [1.82, 2.24) is 5.32 Å². The predicted octanol–water partition coefficient (Wildman–Crippen LogP) is 1.67. The molecule has 5 nitrogen and oxygen atoms in total. The summed E-state index contributed by atoms with van der Waals surface area (Å²) in [5.41, 5.74) is -0.0330. The van der Waals surface area contributed by atoms with Gasteiger partial charge in [0.2, 0.25) is 0 Å². The van der Waals surface area contributed by atoms with Crippen LogP contribution in [0.4, 0.5) is 4.39 Å². The summed E-state index contributed by atoms with van der Waals surface area (Å²) in [6, 6.07) is 2.44. The molecule has 0 aliphatic carbocycles. The van der Waals surface area contributed by atoms with Crippen molar-refractivity contribution in [2.75, 3.05) is 7.11 Å². The number of aliphatic carboxylic acids is 1. The number of carbonyl (C=O) groups is 2. The fourth-order valence-electron chi connectivity index (χ4n) is 1.59. The summed E-state index contributed by atoms with van der Waals surface area (Å²) in [4.78, 5) is 23.0. The maximum Gasteiger partial charge on any atom is 0.326 e. The van der Waals surface area contributed by atoms with Gasteiger partial charge >= 0.3 is 5.97 Å². The number of ether oxygens (including phenoxy) is 1. The maximum absolute atomic E-state index is 13.1. The van der Waals surface area contributed by atoms with E-state index in [1.165, 1.54) is 13.2 Å². The van der Waals surface area contributed by atoms with Gasteiger partial charge in [-0.3, -0.25) is 4.79 Å². The minimum atomic E-state index is -1.14. The Labute approximate surface area is 110 Å². The van der Waals surface area contributed by atoms with Gasteiger partial charge in [-0.15, -0.1) is 0 Å². The molecule has 0 saturated heterocycles. The molecule has 1 atom stereocenters. The molecule has 0 bridgehead atoms. The zero-order chi connectivity index (χ0) is 14.6. The number of carboxylic acid groups (broad SMARTS) is 1. The fourth-order valence-corrected chi connectivity index (χ4v) is 1.59. The van der Waals surface area contributed by atoms with Crippen LogP contribution >= 0.6 is 0 Å². The topological polar surface area (TPSA) is 75.6 Å². The van der Waals surface area contributed by atoms with Crippen molar-refractivity contribution >= 4 is 11.9 Å². The highest BCUT2D eigenvalue weighted by molar-refractivity contribution is 5.99. The summed E-state index contributed by atoms with van der Waals surface area (Å²) in [6.45, 7) is 3.34. The molecule has 0 heterocycles. The molecule has 6 heteroatoms. The molecular formula is C13H16FNO4. The Morgan fingerprint density at radius 3 is 2.47 bits per heavy atom. The predicted molar refractivity (Wildman–Crippen MR) is 66.7 cm³/mol. The normalized spacial score (nSPS) is 12.1. The first-order valence-corrected chi connectivity index (χ1v) is 5.74. The highest BCUT2D eigenvalue weighted by atomic mass is 19.1. The van der Waals surface area contributed by atoms with E-state index < -0.39 is 23.7 Å². The molecule has 0 aromatic heterocycles. The first kappa shape index (κ1) is 14.9. The van der Waals surface area contributed by atoms with Crippen LogP contribution in [0.2, 0.25) is 0 Å². The molecule has 1 aromatic rings. The van der Waals surface area contributed by atoms with Gasteiger partial charge in [0.25, 0.3) is 5.91 Å². The van der Waals surface area contributed by atoms with E-state index in [1.54, 1.807) is 13.8 Å². The largest absolute Gasteiger partial charge is 0.496 e. The molecule has 1 aromatic carbocycles. The molecule has 1 unspecified atom stereocenters. The van der Waals surface area contributed by atoms with Crippen LogP contribution in [-0.2, 0) is 4.79 Å². The third kappa shape index (κ3) is 3.67. The number of methoxy groups -OCH3 is 1. The molecule has 0 fully saturated rings. The molecule has 0 saturated carbocycles. The summed E-state index contributed by atoms with van der Waals surface area (Å²) in [7, 11) is 1.35. The molecule has 0 spiro atoms. The summed E-state index contributed by atoms with van der Waals surface area (Å²) >= 11 is 0. The minimum Gasteiger partial charge on any atom is -0.496 e. The van der Waals surface area contributed by atoms with Crippen molar-refractivity contribution in [1.29, 1.82) is 0 Å². The van der Waals surface area contributed by atoms with Crippen molar-refractivity contribution in [2.45, 2.75) is 19.9 Å². The van der Waals surface area contributed by atoms with Crippen LogP contribution in [0.25, 0.3) is 0 Å². The molecule has 0 radical (unpaired) electrons. The van der Waals surface area contributed by atoms with Crippen molar-refractivity contribution in [2.24, 2.45) is 5.92 Å². The zero-order valence-corrected chi connectivity index (χ0v) is 10.9. The van der Waals surface area contributed by atoms with Gasteiger partial charge in [0.05, 0.1) is 12.7 Å². The lowest BCUT2D eigenvalue weighted by Gasteiger charge is -2.18. The molecule has 104 valence electrons. The van der Waals surface area contributed by atoms with E-state index in [0.29, 0.717) is 0 Å². The average molecular weight is 269 g/mol. The number of halogens is 1. The number of carboxylic acids is 1. The molecule has 0 aliphatic rings. The lowest BCUT2D eigenvalue weighted by molar-refractivity contribution is -0.140. The number of nitrogens with one attached hydrogen (secondary N) is 1. The number of carbonyl (C=O) groups excluding carboxylic acids is 1. The van der Waals surface area contributed by atoms with Crippen molar-refractivity contribution < 1.29 is 23.8 Å². The maximum atomic E-state index is 13.1. The fraction of sp³-hybridized carbons (Fsp3) is 0.385. The van der Waals surface area contributed by atoms with Crippen LogP contribution in [0.15, 0.2) is 18.2 Å². The lowest BCUT2D eigenvalue weighted by Crippen LogP contribution is -2.44. The second kappa shape index (κ2) is 6.17. The van der Waals surface area contributed by atoms with Gasteiger partial charge in [-0.25, -0.2) is 9.18 Å². The van der Waals surface area contributed by atoms with Gasteiger partial charge in [0.1, 0.15) is 17.6 Å². The van der Waals surface area contributed by atoms with Crippen LogP contribution in [0.1, 0.15) is 24.2 Å². The Balaban J connectivity index is 3.00. The number of rotatable bonds is 5. The highest BCUT2D eigenvalue weighted by Crippen LogP contribution is 2.19. The highest BCUT2D eigenvalue weighted by Gasteiger charge is 2.25. The minimum absolute atomic E-state index is 0.0330. The molecule has 1 amide bonds. The van der Waals surface area contributed by atoms with Crippen LogP contribution < -0.4 is 10.1 Å². The third-order valence-corrected chi connectivity index (χ3v) is 2.63. The third-order valence-electron chi connectivity index (χ3n) is 2.63. The van der Waals surface area contributed by atoms with Crippen LogP contribution in [-0.4, -0.2) is 30.1 Å². The van der Waals surface area contributed by atoms with E-state index >= 15 is 0 Å².